The van der Waals surface area contributed by atoms with Crippen LogP contribution in [0.25, 0.3) is 10.4 Å². The fourth-order valence-electron chi connectivity index (χ4n) is 3.75. The number of thiazole rings is 1. The van der Waals surface area contributed by atoms with Crippen LogP contribution in [0.2, 0.25) is 0 Å². The summed E-state index contributed by atoms with van der Waals surface area (Å²) in [5.41, 5.74) is 2.09. The van der Waals surface area contributed by atoms with Gasteiger partial charge in [0.15, 0.2) is 5.13 Å². The van der Waals surface area contributed by atoms with E-state index in [-0.39, 0.29) is 5.82 Å². The number of nitrogens with zero attached hydrogens (tertiary/aromatic N) is 2. The van der Waals surface area contributed by atoms with E-state index in [1.165, 1.54) is 42.7 Å². The molecule has 4 rings (SSSR count). The van der Waals surface area contributed by atoms with E-state index in [1.807, 2.05) is 12.3 Å². The number of aromatic nitrogens is 2. The van der Waals surface area contributed by atoms with E-state index in [4.69, 9.17) is 4.98 Å². The van der Waals surface area contributed by atoms with Gasteiger partial charge in [0.25, 0.3) is 0 Å². The highest BCUT2D eigenvalue weighted by molar-refractivity contribution is 7.18. The Morgan fingerprint density at radius 1 is 1.14 bits per heavy atom. The third kappa shape index (κ3) is 4.56. The molecule has 2 atom stereocenters. The van der Waals surface area contributed by atoms with E-state index in [1.54, 1.807) is 12.1 Å². The molecule has 6 heteroatoms. The summed E-state index contributed by atoms with van der Waals surface area (Å²) in [5, 5.41) is 7.60. The number of nitrogens with one attached hydrogen (secondary N) is 2. The van der Waals surface area contributed by atoms with Gasteiger partial charge in [-0.2, -0.15) is 0 Å². The second-order valence-corrected chi connectivity index (χ2v) is 8.37. The van der Waals surface area contributed by atoms with Crippen LogP contribution in [-0.2, 0) is 0 Å². The molecule has 4 nitrogen and oxygen atoms in total. The molecule has 146 valence electrons. The zero-order chi connectivity index (χ0) is 19.3. The van der Waals surface area contributed by atoms with Crippen LogP contribution in [0.15, 0.2) is 48.7 Å². The standard InChI is InChI=1S/C22H25FN4S/c1-15(16-4-3-12-24-13-11-16)19-5-2-6-21(26-19)27-22-25-14-20(28-22)17-7-9-18(23)10-8-17/h2,5-10,14-16,24H,3-4,11-13H2,1H3,(H,25,26,27). The maximum absolute atomic E-state index is 13.1. The second-order valence-electron chi connectivity index (χ2n) is 7.34. The molecule has 0 radical (unpaired) electrons. The Bertz CT molecular complexity index is 901. The van der Waals surface area contributed by atoms with Gasteiger partial charge in [0.1, 0.15) is 11.6 Å². The van der Waals surface area contributed by atoms with Crippen molar-refractivity contribution in [3.05, 3.63) is 60.2 Å². The summed E-state index contributed by atoms with van der Waals surface area (Å²) in [7, 11) is 0. The Labute approximate surface area is 169 Å². The molecule has 1 aromatic carbocycles. The number of pyridine rings is 1. The van der Waals surface area contributed by atoms with Crippen LogP contribution < -0.4 is 10.6 Å². The topological polar surface area (TPSA) is 49.8 Å². The summed E-state index contributed by atoms with van der Waals surface area (Å²) in [6, 6.07) is 12.6. The first kappa shape index (κ1) is 19.0. The van der Waals surface area contributed by atoms with Crippen LogP contribution in [-0.4, -0.2) is 23.1 Å². The van der Waals surface area contributed by atoms with Crippen LogP contribution in [0.3, 0.4) is 0 Å². The van der Waals surface area contributed by atoms with Crippen molar-refractivity contribution in [2.45, 2.75) is 32.1 Å². The van der Waals surface area contributed by atoms with E-state index in [2.05, 4.69) is 34.7 Å². The third-order valence-corrected chi connectivity index (χ3v) is 6.40. The average molecular weight is 397 g/mol. The summed E-state index contributed by atoms with van der Waals surface area (Å²) in [6.07, 6.45) is 5.50. The molecule has 1 aliphatic heterocycles. The predicted molar refractivity (Wildman–Crippen MR) is 114 cm³/mol. The molecule has 1 fully saturated rings. The molecule has 28 heavy (non-hydrogen) atoms. The maximum atomic E-state index is 13.1. The molecule has 1 aliphatic rings. The van der Waals surface area contributed by atoms with Gasteiger partial charge in [-0.25, -0.2) is 14.4 Å². The van der Waals surface area contributed by atoms with E-state index in [0.717, 1.165) is 40.2 Å². The predicted octanol–water partition coefficient (Wildman–Crippen LogP) is 5.58. The van der Waals surface area contributed by atoms with Crippen LogP contribution in [0.5, 0.6) is 0 Å². The Morgan fingerprint density at radius 2 is 2.00 bits per heavy atom. The number of anilines is 2. The highest BCUT2D eigenvalue weighted by Crippen LogP contribution is 2.33. The maximum Gasteiger partial charge on any atom is 0.188 e. The molecule has 3 heterocycles. The lowest BCUT2D eigenvalue weighted by molar-refractivity contribution is 0.398. The fraction of sp³-hybridized carbons (Fsp3) is 0.364. The van der Waals surface area contributed by atoms with Gasteiger partial charge in [-0.3, -0.25) is 0 Å². The summed E-state index contributed by atoms with van der Waals surface area (Å²) in [6.45, 7) is 4.51. The average Bonchev–Trinajstić information content (AvgIpc) is 3.00. The van der Waals surface area contributed by atoms with Gasteiger partial charge in [-0.15, -0.1) is 0 Å². The minimum atomic E-state index is -0.230. The molecule has 0 saturated carbocycles. The summed E-state index contributed by atoms with van der Waals surface area (Å²) in [5.74, 6) is 1.69. The van der Waals surface area contributed by atoms with Crippen molar-refractivity contribution in [3.63, 3.8) is 0 Å². The van der Waals surface area contributed by atoms with Crippen molar-refractivity contribution in [3.8, 4) is 10.4 Å². The molecule has 2 unspecified atom stereocenters. The summed E-state index contributed by atoms with van der Waals surface area (Å²) >= 11 is 1.54. The Balaban J connectivity index is 1.47. The monoisotopic (exact) mass is 396 g/mol. The van der Waals surface area contributed by atoms with Crippen LogP contribution in [0, 0.1) is 11.7 Å². The van der Waals surface area contributed by atoms with Crippen LogP contribution >= 0.6 is 11.3 Å². The lowest BCUT2D eigenvalue weighted by Gasteiger charge is -2.22. The smallest absolute Gasteiger partial charge is 0.188 e. The van der Waals surface area contributed by atoms with Crippen molar-refractivity contribution in [1.29, 1.82) is 0 Å². The van der Waals surface area contributed by atoms with E-state index in [9.17, 15) is 4.39 Å². The van der Waals surface area contributed by atoms with Gasteiger partial charge in [0.2, 0.25) is 0 Å². The van der Waals surface area contributed by atoms with Crippen LogP contribution in [0.4, 0.5) is 15.3 Å². The van der Waals surface area contributed by atoms with Crippen molar-refractivity contribution in [2.24, 2.45) is 5.92 Å². The SMILES string of the molecule is CC(c1cccc(Nc2ncc(-c3ccc(F)cc3)s2)n1)C1CCCNCC1. The van der Waals surface area contributed by atoms with Gasteiger partial charge in [0.05, 0.1) is 4.88 Å². The molecular formula is C22H25FN4S. The molecular weight excluding hydrogens is 371 g/mol. The van der Waals surface area contributed by atoms with Crippen LogP contribution in [0.1, 0.15) is 37.8 Å². The van der Waals surface area contributed by atoms with Gasteiger partial charge >= 0.3 is 0 Å². The van der Waals surface area contributed by atoms with Gasteiger partial charge in [0, 0.05) is 17.8 Å². The largest absolute Gasteiger partial charge is 0.317 e. The Morgan fingerprint density at radius 3 is 2.86 bits per heavy atom. The molecule has 3 aromatic rings. The highest BCUT2D eigenvalue weighted by atomic mass is 32.1. The lowest BCUT2D eigenvalue weighted by atomic mass is 9.85. The quantitative estimate of drug-likeness (QED) is 0.591. The molecule has 2 aromatic heterocycles. The fourth-order valence-corrected chi connectivity index (χ4v) is 4.58. The van der Waals surface area contributed by atoms with Crippen molar-refractivity contribution in [1.82, 2.24) is 15.3 Å². The highest BCUT2D eigenvalue weighted by Gasteiger charge is 2.21. The normalized spacial score (nSPS) is 18.4. The zero-order valence-corrected chi connectivity index (χ0v) is 16.8. The molecule has 1 saturated heterocycles. The van der Waals surface area contributed by atoms with Gasteiger partial charge in [-0.05, 0) is 68.1 Å². The Kier molecular flexibility index (Phi) is 5.98. The van der Waals surface area contributed by atoms with Crippen molar-refractivity contribution in [2.75, 3.05) is 18.4 Å². The Hall–Kier alpha value is -2.31. The van der Waals surface area contributed by atoms with Gasteiger partial charge in [-0.1, -0.05) is 36.5 Å². The van der Waals surface area contributed by atoms with E-state index >= 15 is 0 Å². The molecule has 0 aliphatic carbocycles. The zero-order valence-electron chi connectivity index (χ0n) is 16.0. The third-order valence-electron chi connectivity index (χ3n) is 5.43. The minimum absolute atomic E-state index is 0.230. The number of benzene rings is 1. The first-order valence-corrected chi connectivity index (χ1v) is 10.7. The molecule has 0 spiro atoms. The molecule has 2 N–H and O–H groups in total. The lowest BCUT2D eigenvalue weighted by Crippen LogP contribution is -2.16. The van der Waals surface area contributed by atoms with E-state index in [0.29, 0.717) is 11.8 Å². The molecule has 0 amide bonds. The van der Waals surface area contributed by atoms with Gasteiger partial charge < -0.3 is 10.6 Å². The number of hydrogen-bond donors (Lipinski definition) is 2. The first-order chi connectivity index (χ1) is 13.7. The number of halogens is 1. The van der Waals surface area contributed by atoms with Crippen molar-refractivity contribution < 1.29 is 4.39 Å². The number of rotatable bonds is 5. The second kappa shape index (κ2) is 8.80. The minimum Gasteiger partial charge on any atom is -0.317 e. The van der Waals surface area contributed by atoms with E-state index < -0.39 is 0 Å². The molecule has 0 bridgehead atoms. The summed E-state index contributed by atoms with van der Waals surface area (Å²) in [4.78, 5) is 10.3. The first-order valence-electron chi connectivity index (χ1n) is 9.85. The number of hydrogen-bond acceptors (Lipinski definition) is 5. The summed E-state index contributed by atoms with van der Waals surface area (Å²) < 4.78 is 13.1. The van der Waals surface area contributed by atoms with Crippen molar-refractivity contribution >= 4 is 22.3 Å².